The number of aliphatic carboxylic acids is 1. The number of likely N-dealkylation sites (tertiary alicyclic amines) is 1. The molecule has 1 aliphatic rings. The lowest BCUT2D eigenvalue weighted by molar-refractivity contribution is -0.151. The van der Waals surface area contributed by atoms with Crippen LogP contribution in [0.5, 0.6) is 0 Å². The van der Waals surface area contributed by atoms with E-state index in [1.165, 1.54) is 26.2 Å². The van der Waals surface area contributed by atoms with Crippen LogP contribution in [-0.2, 0) is 35.5 Å². The van der Waals surface area contributed by atoms with Gasteiger partial charge in [0.2, 0.25) is 5.95 Å². The van der Waals surface area contributed by atoms with Gasteiger partial charge in [0.05, 0.1) is 36.1 Å². The molecule has 0 radical (unpaired) electrons. The third-order valence-electron chi connectivity index (χ3n) is 7.65. The minimum absolute atomic E-state index is 0.0441. The van der Waals surface area contributed by atoms with Crippen molar-refractivity contribution in [1.82, 2.24) is 24.6 Å². The molecule has 44 heavy (non-hydrogen) atoms. The monoisotopic (exact) mass is 628 g/mol. The number of aryl methyl sites for hydroxylation is 1. The van der Waals surface area contributed by atoms with E-state index in [9.17, 15) is 36.2 Å². The van der Waals surface area contributed by atoms with Gasteiger partial charge in [-0.1, -0.05) is 6.92 Å². The van der Waals surface area contributed by atoms with Gasteiger partial charge in [-0.15, -0.1) is 0 Å². The van der Waals surface area contributed by atoms with Gasteiger partial charge >= 0.3 is 18.3 Å². The van der Waals surface area contributed by atoms with Crippen molar-refractivity contribution in [1.29, 1.82) is 0 Å². The first-order valence-corrected chi connectivity index (χ1v) is 13.9. The summed E-state index contributed by atoms with van der Waals surface area (Å²) < 4.78 is 89.1. The Hall–Kier alpha value is -3.72. The fourth-order valence-corrected chi connectivity index (χ4v) is 5.11. The largest absolute Gasteiger partial charge is 0.481 e. The molecule has 1 aliphatic heterocycles. The molecule has 4 rings (SSSR count). The molecule has 1 saturated heterocycles. The van der Waals surface area contributed by atoms with Crippen molar-refractivity contribution in [2.45, 2.75) is 64.6 Å². The number of carboxylic acids is 1. The SMILES string of the molecule is CC[C@@H]1C[C@H](N(Cc2cc(C(F)(F)F)cc(C(F)(F)F)c2)c2ncc(-c3cnn(C)c3)cn2)CN1COCC(C)(C)C(=O)O. The number of hydrogen-bond donors (Lipinski definition) is 1. The molecule has 1 aromatic carbocycles. The minimum atomic E-state index is -4.98. The van der Waals surface area contributed by atoms with Crippen molar-refractivity contribution in [2.24, 2.45) is 12.5 Å². The third kappa shape index (κ3) is 7.86. The fourth-order valence-electron chi connectivity index (χ4n) is 5.11. The maximum absolute atomic E-state index is 13.6. The molecule has 2 aromatic heterocycles. The molecule has 240 valence electrons. The standard InChI is InChI=1S/C29H34F6N6O3/c1-5-23-9-24(15-40(23)17-44-16-27(2,3)25(42)43)41(26-36-10-19(11-37-26)20-12-38-39(4)14-20)13-18-6-21(28(30,31)32)8-22(7-18)29(33,34)35/h6-8,10-12,14,23-24H,5,9,13,15-17H2,1-4H3,(H,42,43)/t23-,24+/m1/s1. The Morgan fingerprint density at radius 2 is 1.64 bits per heavy atom. The molecule has 15 heteroatoms. The van der Waals surface area contributed by atoms with E-state index in [1.807, 2.05) is 11.8 Å². The first-order chi connectivity index (χ1) is 20.5. The normalized spacial score (nSPS) is 18.1. The Bertz CT molecular complexity index is 1410. The van der Waals surface area contributed by atoms with Gasteiger partial charge in [0.1, 0.15) is 0 Å². The summed E-state index contributed by atoms with van der Waals surface area (Å²) in [5.41, 5.74) is -2.74. The van der Waals surface area contributed by atoms with Crippen LogP contribution in [0.25, 0.3) is 11.1 Å². The second kappa shape index (κ2) is 12.7. The molecule has 2 atom stereocenters. The molecule has 0 spiro atoms. The molecule has 1 N–H and O–H groups in total. The lowest BCUT2D eigenvalue weighted by atomic mass is 9.95. The van der Waals surface area contributed by atoms with Crippen molar-refractivity contribution >= 4 is 11.9 Å². The highest BCUT2D eigenvalue weighted by Gasteiger charge is 2.39. The molecule has 0 bridgehead atoms. The molecule has 0 unspecified atom stereocenters. The first kappa shape index (κ1) is 33.2. The van der Waals surface area contributed by atoms with E-state index in [-0.39, 0.29) is 43.5 Å². The molecule has 3 heterocycles. The molecule has 9 nitrogen and oxygen atoms in total. The summed E-state index contributed by atoms with van der Waals surface area (Å²) >= 11 is 0. The zero-order chi connectivity index (χ0) is 32.4. The highest BCUT2D eigenvalue weighted by molar-refractivity contribution is 5.73. The zero-order valence-electron chi connectivity index (χ0n) is 24.7. The number of halogens is 6. The number of ether oxygens (including phenoxy) is 1. The van der Waals surface area contributed by atoms with Crippen molar-refractivity contribution in [2.75, 3.05) is 24.8 Å². The Morgan fingerprint density at radius 3 is 2.14 bits per heavy atom. The highest BCUT2D eigenvalue weighted by Crippen LogP contribution is 2.37. The molecular weight excluding hydrogens is 594 g/mol. The summed E-state index contributed by atoms with van der Waals surface area (Å²) in [5, 5.41) is 13.5. The Balaban J connectivity index is 1.67. The van der Waals surface area contributed by atoms with E-state index in [2.05, 4.69) is 15.1 Å². The molecule has 3 aromatic rings. The Morgan fingerprint density at radius 1 is 1.02 bits per heavy atom. The number of alkyl halides is 6. The van der Waals surface area contributed by atoms with E-state index in [1.54, 1.807) is 29.0 Å². The molecule has 0 amide bonds. The van der Waals surface area contributed by atoms with E-state index >= 15 is 0 Å². The van der Waals surface area contributed by atoms with Crippen LogP contribution in [0.15, 0.2) is 43.0 Å². The Labute approximate surface area is 250 Å². The summed E-state index contributed by atoms with van der Waals surface area (Å²) in [4.78, 5) is 24.0. The number of anilines is 1. The lowest BCUT2D eigenvalue weighted by Gasteiger charge is -2.30. The van der Waals surface area contributed by atoms with Crippen LogP contribution in [-0.4, -0.2) is 67.7 Å². The predicted octanol–water partition coefficient (Wildman–Crippen LogP) is 5.86. The first-order valence-electron chi connectivity index (χ1n) is 13.9. The molecule has 1 fully saturated rings. The minimum Gasteiger partial charge on any atom is -0.481 e. The number of carboxylic acid groups (broad SMARTS) is 1. The van der Waals surface area contributed by atoms with E-state index in [4.69, 9.17) is 4.74 Å². The average molecular weight is 629 g/mol. The van der Waals surface area contributed by atoms with Crippen molar-refractivity contribution < 1.29 is 41.0 Å². The van der Waals surface area contributed by atoms with Crippen molar-refractivity contribution in [3.05, 3.63) is 59.7 Å². The van der Waals surface area contributed by atoms with Gasteiger partial charge in [0, 0.05) is 61.9 Å². The van der Waals surface area contributed by atoms with Crippen LogP contribution in [0.1, 0.15) is 50.3 Å². The maximum Gasteiger partial charge on any atom is 0.416 e. The smallest absolute Gasteiger partial charge is 0.416 e. The highest BCUT2D eigenvalue weighted by atomic mass is 19.4. The second-order valence-corrected chi connectivity index (χ2v) is 11.6. The van der Waals surface area contributed by atoms with E-state index in [0.29, 0.717) is 37.1 Å². The van der Waals surface area contributed by atoms with Gasteiger partial charge in [-0.05, 0) is 50.5 Å². The van der Waals surface area contributed by atoms with Crippen LogP contribution in [0, 0.1) is 5.41 Å². The number of nitrogens with zero attached hydrogens (tertiary/aromatic N) is 6. The average Bonchev–Trinajstić information content (AvgIpc) is 3.56. The van der Waals surface area contributed by atoms with Crippen LogP contribution < -0.4 is 4.90 Å². The summed E-state index contributed by atoms with van der Waals surface area (Å²) in [6.07, 6.45) is -2.36. The zero-order valence-corrected chi connectivity index (χ0v) is 24.7. The number of aromatic nitrogens is 4. The topological polar surface area (TPSA) is 96.6 Å². The number of rotatable bonds is 11. The lowest BCUT2D eigenvalue weighted by Crippen LogP contribution is -2.39. The Kier molecular flexibility index (Phi) is 9.59. The van der Waals surface area contributed by atoms with Gasteiger partial charge in [0.15, 0.2) is 0 Å². The quantitative estimate of drug-likeness (QED) is 0.264. The number of benzene rings is 1. The molecule has 0 saturated carbocycles. The summed E-state index contributed by atoms with van der Waals surface area (Å²) in [6, 6.07) is 1.09. The van der Waals surface area contributed by atoms with Gasteiger partial charge < -0.3 is 14.7 Å². The van der Waals surface area contributed by atoms with Crippen molar-refractivity contribution in [3.8, 4) is 11.1 Å². The van der Waals surface area contributed by atoms with Crippen LogP contribution in [0.3, 0.4) is 0 Å². The van der Waals surface area contributed by atoms with Gasteiger partial charge in [-0.25, -0.2) is 9.97 Å². The van der Waals surface area contributed by atoms with E-state index < -0.39 is 40.9 Å². The summed E-state index contributed by atoms with van der Waals surface area (Å²) in [5.74, 6) is -0.876. The van der Waals surface area contributed by atoms with E-state index in [0.717, 1.165) is 5.56 Å². The second-order valence-electron chi connectivity index (χ2n) is 11.6. The van der Waals surface area contributed by atoms with Gasteiger partial charge in [-0.3, -0.25) is 14.4 Å². The van der Waals surface area contributed by atoms with Crippen LogP contribution >= 0.6 is 0 Å². The number of hydrogen-bond acceptors (Lipinski definition) is 7. The van der Waals surface area contributed by atoms with Crippen molar-refractivity contribution in [3.63, 3.8) is 0 Å². The predicted molar refractivity (Wildman–Crippen MR) is 148 cm³/mol. The van der Waals surface area contributed by atoms with Crippen LogP contribution in [0.4, 0.5) is 32.3 Å². The van der Waals surface area contributed by atoms with Gasteiger partial charge in [-0.2, -0.15) is 31.4 Å². The summed E-state index contributed by atoms with van der Waals surface area (Å²) in [7, 11) is 1.74. The molecular formula is C29H34F6N6O3. The van der Waals surface area contributed by atoms with Gasteiger partial charge in [0.25, 0.3) is 0 Å². The fraction of sp³-hybridized carbons (Fsp3) is 0.517. The summed E-state index contributed by atoms with van der Waals surface area (Å²) in [6.45, 7) is 5.10. The van der Waals surface area contributed by atoms with Crippen LogP contribution in [0.2, 0.25) is 0 Å². The maximum atomic E-state index is 13.6. The molecule has 0 aliphatic carbocycles. The third-order valence-corrected chi connectivity index (χ3v) is 7.65. The number of carbonyl (C=O) groups is 1.